The van der Waals surface area contributed by atoms with Crippen molar-refractivity contribution < 1.29 is 0 Å². The molecule has 9 heteroatoms. The Morgan fingerprint density at radius 1 is 1.31 bits per heavy atom. The van der Waals surface area contributed by atoms with Gasteiger partial charge in [-0.15, -0.1) is 21.5 Å². The van der Waals surface area contributed by atoms with Gasteiger partial charge in [0.15, 0.2) is 5.16 Å². The summed E-state index contributed by atoms with van der Waals surface area (Å²) in [6.07, 6.45) is 1.69. The maximum absolute atomic E-state index is 12.7. The molecule has 0 radical (unpaired) electrons. The minimum absolute atomic E-state index is 0.154. The number of hydrogen-bond acceptors (Lipinski definition) is 6. The molecule has 0 spiro atoms. The van der Waals surface area contributed by atoms with Gasteiger partial charge in [-0.2, -0.15) is 0 Å². The van der Waals surface area contributed by atoms with Crippen molar-refractivity contribution in [1.29, 1.82) is 0 Å². The summed E-state index contributed by atoms with van der Waals surface area (Å²) in [6, 6.07) is 7.50. The zero-order chi connectivity index (χ0) is 18.1. The number of H-pyrrole nitrogens is 1. The molecule has 6 nitrogen and oxygen atoms in total. The Morgan fingerprint density at radius 3 is 2.96 bits per heavy atom. The summed E-state index contributed by atoms with van der Waals surface area (Å²) in [5, 5.41) is 11.9. The maximum Gasteiger partial charge on any atom is 0.260 e. The largest absolute Gasteiger partial charge is 0.309 e. The number of benzene rings is 1. The smallest absolute Gasteiger partial charge is 0.260 e. The molecule has 3 heterocycles. The van der Waals surface area contributed by atoms with Crippen molar-refractivity contribution in [2.24, 2.45) is 0 Å². The third-order valence-electron chi connectivity index (χ3n) is 3.92. The average Bonchev–Trinajstić information content (AvgIpc) is 3.27. The molecule has 0 fully saturated rings. The van der Waals surface area contributed by atoms with Gasteiger partial charge in [-0.25, -0.2) is 4.98 Å². The number of hydrogen-bond donors (Lipinski definition) is 1. The summed E-state index contributed by atoms with van der Waals surface area (Å²) >= 11 is 9.23. The van der Waals surface area contributed by atoms with Crippen LogP contribution in [-0.4, -0.2) is 24.7 Å². The summed E-state index contributed by atoms with van der Waals surface area (Å²) in [7, 11) is 0. The fourth-order valence-electron chi connectivity index (χ4n) is 2.65. The van der Waals surface area contributed by atoms with E-state index in [4.69, 9.17) is 11.6 Å². The van der Waals surface area contributed by atoms with Crippen LogP contribution in [-0.2, 0) is 12.3 Å². The lowest BCUT2D eigenvalue weighted by Gasteiger charge is -2.04. The van der Waals surface area contributed by atoms with E-state index in [0.29, 0.717) is 26.8 Å². The number of rotatable bonds is 5. The fraction of sp³-hybridized carbons (Fsp3) is 0.176. The molecule has 0 saturated carbocycles. The highest BCUT2D eigenvalue weighted by atomic mass is 35.5. The Hall–Kier alpha value is -2.16. The molecule has 3 aromatic heterocycles. The van der Waals surface area contributed by atoms with Gasteiger partial charge < -0.3 is 9.55 Å². The van der Waals surface area contributed by atoms with E-state index in [9.17, 15) is 4.79 Å². The Bertz CT molecular complexity index is 1130. The maximum atomic E-state index is 12.7. The third kappa shape index (κ3) is 3.15. The first-order valence-corrected chi connectivity index (χ1v) is 10.2. The number of nitrogens with one attached hydrogen (secondary N) is 1. The SMILES string of the molecule is CCn1cnnc1SCc1nc2scc(-c3ccccc3Cl)c2c(=O)[nH]1. The van der Waals surface area contributed by atoms with Crippen molar-refractivity contribution in [3.8, 4) is 11.1 Å². The van der Waals surface area contributed by atoms with Crippen molar-refractivity contribution in [1.82, 2.24) is 24.7 Å². The van der Waals surface area contributed by atoms with Crippen LogP contribution in [0.15, 0.2) is 45.9 Å². The molecule has 0 aliphatic heterocycles. The predicted octanol–water partition coefficient (Wildman–Crippen LogP) is 4.21. The van der Waals surface area contributed by atoms with Gasteiger partial charge in [-0.05, 0) is 13.0 Å². The molecular weight excluding hydrogens is 390 g/mol. The number of aryl methyl sites for hydroxylation is 1. The highest BCUT2D eigenvalue weighted by Gasteiger charge is 2.15. The molecule has 0 aliphatic carbocycles. The Labute approximate surface area is 162 Å². The monoisotopic (exact) mass is 403 g/mol. The van der Waals surface area contributed by atoms with Crippen LogP contribution < -0.4 is 5.56 Å². The number of nitrogens with zero attached hydrogens (tertiary/aromatic N) is 4. The van der Waals surface area contributed by atoms with Gasteiger partial charge in [0.25, 0.3) is 5.56 Å². The Kier molecular flexibility index (Phi) is 4.80. The number of halogens is 1. The van der Waals surface area contributed by atoms with Crippen LogP contribution in [0.25, 0.3) is 21.3 Å². The molecule has 4 rings (SSSR count). The zero-order valence-corrected chi connectivity index (χ0v) is 16.2. The summed E-state index contributed by atoms with van der Waals surface area (Å²) in [6.45, 7) is 2.83. The zero-order valence-electron chi connectivity index (χ0n) is 13.8. The van der Waals surface area contributed by atoms with Gasteiger partial charge in [0.05, 0.1) is 11.1 Å². The molecular formula is C17H14ClN5OS2. The van der Waals surface area contributed by atoms with E-state index in [1.165, 1.54) is 23.1 Å². The van der Waals surface area contributed by atoms with Gasteiger partial charge in [-0.1, -0.05) is 41.6 Å². The van der Waals surface area contributed by atoms with E-state index < -0.39 is 0 Å². The molecule has 26 heavy (non-hydrogen) atoms. The summed E-state index contributed by atoms with van der Waals surface area (Å²) in [4.78, 5) is 20.9. The van der Waals surface area contributed by atoms with Crippen LogP contribution in [0.4, 0.5) is 0 Å². The van der Waals surface area contributed by atoms with E-state index in [1.807, 2.05) is 41.1 Å². The summed E-state index contributed by atoms with van der Waals surface area (Å²) in [5.41, 5.74) is 1.50. The first kappa shape index (κ1) is 17.3. The van der Waals surface area contributed by atoms with E-state index in [1.54, 1.807) is 6.33 Å². The normalized spacial score (nSPS) is 11.3. The molecule has 132 valence electrons. The second-order valence-electron chi connectivity index (χ2n) is 5.51. The molecule has 0 amide bonds. The molecule has 0 bridgehead atoms. The lowest BCUT2D eigenvalue weighted by Crippen LogP contribution is -2.11. The van der Waals surface area contributed by atoms with Crippen molar-refractivity contribution >= 4 is 44.9 Å². The van der Waals surface area contributed by atoms with Gasteiger partial charge in [0.1, 0.15) is 17.0 Å². The van der Waals surface area contributed by atoms with E-state index >= 15 is 0 Å². The Morgan fingerprint density at radius 2 is 2.15 bits per heavy atom. The van der Waals surface area contributed by atoms with Gasteiger partial charge in [0, 0.05) is 28.1 Å². The van der Waals surface area contributed by atoms with Crippen LogP contribution in [0.5, 0.6) is 0 Å². The lowest BCUT2D eigenvalue weighted by atomic mass is 10.1. The average molecular weight is 404 g/mol. The van der Waals surface area contributed by atoms with Crippen LogP contribution in [0.3, 0.4) is 0 Å². The van der Waals surface area contributed by atoms with Crippen LogP contribution >= 0.6 is 34.7 Å². The molecule has 0 aliphatic rings. The minimum Gasteiger partial charge on any atom is -0.309 e. The molecule has 1 aromatic carbocycles. The fourth-order valence-corrected chi connectivity index (χ4v) is 4.69. The number of thiophene rings is 1. The second-order valence-corrected chi connectivity index (χ2v) is 7.72. The summed E-state index contributed by atoms with van der Waals surface area (Å²) in [5.74, 6) is 1.13. The third-order valence-corrected chi connectivity index (χ3v) is 6.11. The molecule has 0 unspecified atom stereocenters. The highest BCUT2D eigenvalue weighted by molar-refractivity contribution is 7.98. The quantitative estimate of drug-likeness (QED) is 0.505. The minimum atomic E-state index is -0.154. The number of fused-ring (bicyclic) bond motifs is 1. The predicted molar refractivity (Wildman–Crippen MR) is 106 cm³/mol. The van der Waals surface area contributed by atoms with Gasteiger partial charge in [0.2, 0.25) is 0 Å². The van der Waals surface area contributed by atoms with E-state index in [0.717, 1.165) is 22.8 Å². The van der Waals surface area contributed by atoms with Crippen molar-refractivity contribution in [3.63, 3.8) is 0 Å². The van der Waals surface area contributed by atoms with Crippen molar-refractivity contribution in [3.05, 3.63) is 57.2 Å². The molecule has 4 aromatic rings. The number of aromatic nitrogens is 5. The van der Waals surface area contributed by atoms with Crippen LogP contribution in [0, 0.1) is 0 Å². The van der Waals surface area contributed by atoms with E-state index in [2.05, 4.69) is 20.2 Å². The number of thioether (sulfide) groups is 1. The second kappa shape index (κ2) is 7.22. The van der Waals surface area contributed by atoms with Crippen molar-refractivity contribution in [2.45, 2.75) is 24.4 Å². The topological polar surface area (TPSA) is 76.5 Å². The van der Waals surface area contributed by atoms with Crippen molar-refractivity contribution in [2.75, 3.05) is 0 Å². The molecule has 0 saturated heterocycles. The molecule has 1 N–H and O–H groups in total. The standard InChI is InChI=1S/C17H14ClN5OS2/c1-2-23-9-19-22-17(23)26-8-13-20-15(24)14-11(7-25-16(14)21-13)10-5-3-4-6-12(10)18/h3-7,9H,2,8H2,1H3,(H,20,21,24). The Balaban J connectivity index is 1.68. The molecule has 0 atom stereocenters. The van der Waals surface area contributed by atoms with Gasteiger partial charge in [-0.3, -0.25) is 4.79 Å². The van der Waals surface area contributed by atoms with Crippen LogP contribution in [0.1, 0.15) is 12.7 Å². The lowest BCUT2D eigenvalue weighted by molar-refractivity contribution is 0.681. The first-order valence-electron chi connectivity index (χ1n) is 7.93. The van der Waals surface area contributed by atoms with Gasteiger partial charge >= 0.3 is 0 Å². The van der Waals surface area contributed by atoms with E-state index in [-0.39, 0.29) is 5.56 Å². The first-order chi connectivity index (χ1) is 12.7. The summed E-state index contributed by atoms with van der Waals surface area (Å²) < 4.78 is 1.95. The highest BCUT2D eigenvalue weighted by Crippen LogP contribution is 2.35. The van der Waals surface area contributed by atoms with Crippen LogP contribution in [0.2, 0.25) is 5.02 Å². The number of aromatic amines is 1.